The number of aromatic nitrogens is 3. The van der Waals surface area contributed by atoms with Gasteiger partial charge in [0, 0.05) is 25.7 Å². The van der Waals surface area contributed by atoms with Crippen LogP contribution in [0.2, 0.25) is 0 Å². The average Bonchev–Trinajstić information content (AvgIpc) is 3.18. The van der Waals surface area contributed by atoms with Crippen LogP contribution in [0.25, 0.3) is 11.3 Å². The van der Waals surface area contributed by atoms with Crippen LogP contribution < -0.4 is 4.68 Å². The molecule has 1 radical (unpaired) electrons. The van der Waals surface area contributed by atoms with Crippen molar-refractivity contribution in [3.8, 4) is 11.3 Å². The molecule has 0 bridgehead atoms. The Bertz CT molecular complexity index is 718. The minimum Gasteiger partial charge on any atom is -0.303 e. The second-order valence-corrected chi connectivity index (χ2v) is 6.24. The van der Waals surface area contributed by atoms with Crippen molar-refractivity contribution in [2.45, 2.75) is 32.9 Å². The van der Waals surface area contributed by atoms with Crippen LogP contribution in [0, 0.1) is 5.38 Å². The molecule has 0 saturated carbocycles. The molecule has 0 fully saturated rings. The van der Waals surface area contributed by atoms with E-state index < -0.39 is 0 Å². The molecule has 3 aromatic rings. The van der Waals surface area contributed by atoms with E-state index in [-0.39, 0.29) is 25.6 Å². The van der Waals surface area contributed by atoms with Gasteiger partial charge in [-0.25, -0.2) is 0 Å². The Balaban J connectivity index is 0.00000176. The fraction of sp³-hybridized carbons (Fsp3) is 0.294. The molecule has 0 saturated heterocycles. The van der Waals surface area contributed by atoms with Crippen molar-refractivity contribution >= 4 is 11.3 Å². The third-order valence-electron chi connectivity index (χ3n) is 3.80. The number of hydrogen-bond acceptors (Lipinski definition) is 2. The first-order chi connectivity index (χ1) is 10.1. The van der Waals surface area contributed by atoms with E-state index in [4.69, 9.17) is 5.21 Å². The molecular weight excluding hydrogens is 470 g/mol. The Morgan fingerprint density at radius 3 is 2.55 bits per heavy atom. The molecule has 1 aromatic carbocycles. The van der Waals surface area contributed by atoms with Gasteiger partial charge in [-0.15, -0.1) is 20.3 Å². The smallest absolute Gasteiger partial charge is 0.197 e. The minimum absolute atomic E-state index is 0. The Hall–Kier alpha value is -1.29. The van der Waals surface area contributed by atoms with Crippen molar-refractivity contribution in [2.75, 3.05) is 0 Å². The van der Waals surface area contributed by atoms with E-state index >= 15 is 0 Å². The number of aryl methyl sites for hydroxylation is 1. The van der Waals surface area contributed by atoms with Gasteiger partial charge in [0.15, 0.2) is 11.9 Å². The predicted octanol–water partition coefficient (Wildman–Crippen LogP) is 3.50. The third kappa shape index (κ3) is 3.07. The summed E-state index contributed by atoms with van der Waals surface area (Å²) < 4.78 is 4.08. The first-order valence-corrected chi connectivity index (χ1v) is 8.02. The van der Waals surface area contributed by atoms with Crippen molar-refractivity contribution in [3.05, 3.63) is 58.9 Å². The summed E-state index contributed by atoms with van der Waals surface area (Å²) in [6.07, 6.45) is 2.13. The first-order valence-electron chi connectivity index (χ1n) is 7.14. The monoisotopic (exact) mass is 490 g/mol. The summed E-state index contributed by atoms with van der Waals surface area (Å²) >= 11 is 1.60. The molecule has 0 N–H and O–H groups in total. The molecule has 0 unspecified atom stereocenters. The molecule has 2 heterocycles. The molecule has 0 atom stereocenters. The second-order valence-electron chi connectivity index (χ2n) is 5.53. The maximum atomic E-state index is 4.75. The van der Waals surface area contributed by atoms with E-state index in [9.17, 15) is 0 Å². The summed E-state index contributed by atoms with van der Waals surface area (Å²) in [7, 11) is 0. The zero-order chi connectivity index (χ0) is 14.9. The van der Waals surface area contributed by atoms with Gasteiger partial charge in [-0.05, 0) is 20.8 Å². The van der Waals surface area contributed by atoms with Crippen LogP contribution in [0.15, 0.2) is 48.0 Å². The van der Waals surface area contributed by atoms with Gasteiger partial charge in [0.25, 0.3) is 0 Å². The Morgan fingerprint density at radius 2 is 1.95 bits per heavy atom. The van der Waals surface area contributed by atoms with Gasteiger partial charge in [0.05, 0.1) is 5.21 Å². The molecule has 117 valence electrons. The molecule has 0 aliphatic carbocycles. The first kappa shape index (κ1) is 17.1. The van der Waals surface area contributed by atoms with Crippen molar-refractivity contribution in [1.82, 2.24) is 9.90 Å². The molecule has 2 aromatic heterocycles. The molecule has 3 nitrogen and oxygen atoms in total. The number of nitrogens with zero attached hydrogens (tertiary/aromatic N) is 3. The van der Waals surface area contributed by atoms with E-state index in [1.807, 2.05) is 15.4 Å². The topological polar surface area (TPSA) is 21.7 Å². The molecular formula is C17H19IrN3S. The zero-order valence-corrected chi connectivity index (χ0v) is 16.1. The molecule has 0 amide bonds. The van der Waals surface area contributed by atoms with Crippen LogP contribution in [0.3, 0.4) is 0 Å². The van der Waals surface area contributed by atoms with Gasteiger partial charge in [0.1, 0.15) is 12.1 Å². The molecule has 0 spiro atoms. The molecule has 5 heteroatoms. The fourth-order valence-electron chi connectivity index (χ4n) is 2.40. The summed E-state index contributed by atoms with van der Waals surface area (Å²) in [5, 5.41) is 10.1. The quantitative estimate of drug-likeness (QED) is 0.406. The summed E-state index contributed by atoms with van der Waals surface area (Å²) in [5.41, 5.74) is 3.29. The normalized spacial score (nSPS) is 11.2. The number of thiophene rings is 1. The van der Waals surface area contributed by atoms with Crippen LogP contribution in [0.4, 0.5) is 0 Å². The van der Waals surface area contributed by atoms with Gasteiger partial charge in [-0.1, -0.05) is 30.3 Å². The van der Waals surface area contributed by atoms with E-state index in [1.165, 1.54) is 5.56 Å². The van der Waals surface area contributed by atoms with Crippen molar-refractivity contribution in [3.63, 3.8) is 0 Å². The van der Waals surface area contributed by atoms with Crippen molar-refractivity contribution in [2.24, 2.45) is 0 Å². The maximum absolute atomic E-state index is 4.75. The van der Waals surface area contributed by atoms with Gasteiger partial charge in [-0.2, -0.15) is 11.4 Å². The maximum Gasteiger partial charge on any atom is 0.197 e. The van der Waals surface area contributed by atoms with E-state index in [0.29, 0.717) is 0 Å². The van der Waals surface area contributed by atoms with Crippen LogP contribution >= 0.6 is 11.3 Å². The second kappa shape index (κ2) is 6.86. The average molecular weight is 490 g/mol. The van der Waals surface area contributed by atoms with Gasteiger partial charge in [-0.3, -0.25) is 0 Å². The molecule has 3 rings (SSSR count). The molecule has 22 heavy (non-hydrogen) atoms. The SMILES string of the molecule is CC[n+]1nn(C(C)(C)c2[c-]scc2)cc1-c1ccccc1.[Ir]. The number of benzene rings is 1. The summed E-state index contributed by atoms with van der Waals surface area (Å²) in [6, 6.07) is 12.5. The fourth-order valence-corrected chi connectivity index (χ4v) is 3.11. The van der Waals surface area contributed by atoms with E-state index in [1.54, 1.807) is 11.3 Å². The van der Waals surface area contributed by atoms with E-state index in [0.717, 1.165) is 17.8 Å². The number of hydrogen-bond donors (Lipinski definition) is 0. The summed E-state index contributed by atoms with van der Waals surface area (Å²) in [4.78, 5) is 0. The summed E-state index contributed by atoms with van der Waals surface area (Å²) in [5.74, 6) is 0. The standard InChI is InChI=1S/C17H19N3S.Ir/c1-4-19-16(14-8-6-5-7-9-14)12-20(18-19)17(2,3)15-10-11-21-13-15;/h5-12H,4H2,1-3H3;. The molecule has 0 aliphatic heterocycles. The van der Waals surface area contributed by atoms with Crippen molar-refractivity contribution < 1.29 is 24.8 Å². The zero-order valence-electron chi connectivity index (χ0n) is 12.9. The Kier molecular flexibility index (Phi) is 5.32. The summed E-state index contributed by atoms with van der Waals surface area (Å²) in [6.45, 7) is 7.31. The third-order valence-corrected chi connectivity index (χ3v) is 4.41. The van der Waals surface area contributed by atoms with E-state index in [2.05, 4.69) is 68.1 Å². The predicted molar refractivity (Wildman–Crippen MR) is 85.1 cm³/mol. The Labute approximate surface area is 148 Å². The van der Waals surface area contributed by atoms with Crippen LogP contribution in [0.5, 0.6) is 0 Å². The van der Waals surface area contributed by atoms with Gasteiger partial charge in [0.2, 0.25) is 0 Å². The minimum atomic E-state index is -0.204. The van der Waals surface area contributed by atoms with Gasteiger partial charge >= 0.3 is 0 Å². The Morgan fingerprint density at radius 1 is 1.23 bits per heavy atom. The number of rotatable bonds is 4. The van der Waals surface area contributed by atoms with Gasteiger partial charge < -0.3 is 11.3 Å². The van der Waals surface area contributed by atoms with Crippen molar-refractivity contribution in [1.29, 1.82) is 0 Å². The van der Waals surface area contributed by atoms with Crippen LogP contribution in [-0.4, -0.2) is 9.90 Å². The van der Waals surface area contributed by atoms with Crippen LogP contribution in [0.1, 0.15) is 26.3 Å². The molecule has 0 aliphatic rings. The van der Waals surface area contributed by atoms with Crippen LogP contribution in [-0.2, 0) is 32.2 Å². The largest absolute Gasteiger partial charge is 0.303 e.